The van der Waals surface area contributed by atoms with Gasteiger partial charge in [-0.05, 0) is 58.0 Å². The van der Waals surface area contributed by atoms with Crippen LogP contribution in [0.3, 0.4) is 0 Å². The molecule has 0 bridgehead atoms. The van der Waals surface area contributed by atoms with E-state index in [1.807, 2.05) is 0 Å². The van der Waals surface area contributed by atoms with Crippen molar-refractivity contribution in [3.05, 3.63) is 29.3 Å². The highest BCUT2D eigenvalue weighted by Crippen LogP contribution is 2.47. The molecule has 0 aliphatic carbocycles. The molecule has 0 aromatic heterocycles. The topological polar surface area (TPSA) is 82.5 Å². The molecule has 0 amide bonds. The summed E-state index contributed by atoms with van der Waals surface area (Å²) in [6.45, 7) is 5.40. The number of ether oxygens (including phenoxy) is 1. The number of hydrogen-bond donors (Lipinski definition) is 2. The number of rotatable bonds is 1. The van der Waals surface area contributed by atoms with Crippen molar-refractivity contribution in [3.63, 3.8) is 0 Å². The lowest BCUT2D eigenvalue weighted by atomic mass is 9.80. The van der Waals surface area contributed by atoms with Crippen LogP contribution < -0.4 is 10.5 Å². The molecule has 2 aliphatic rings. The number of nitrogens with zero attached hydrogens (tertiary/aromatic N) is 2. The van der Waals surface area contributed by atoms with Gasteiger partial charge in [-0.2, -0.15) is 5.26 Å². The van der Waals surface area contributed by atoms with Crippen molar-refractivity contribution in [1.82, 2.24) is 4.90 Å². The van der Waals surface area contributed by atoms with E-state index in [1.165, 1.54) is 0 Å². The van der Waals surface area contributed by atoms with Gasteiger partial charge in [0.1, 0.15) is 11.4 Å². The molecule has 1 aromatic carbocycles. The van der Waals surface area contributed by atoms with Crippen molar-refractivity contribution in [2.45, 2.75) is 44.1 Å². The van der Waals surface area contributed by atoms with Gasteiger partial charge in [0, 0.05) is 5.56 Å². The molecule has 0 unspecified atom stereocenters. The lowest BCUT2D eigenvalue weighted by molar-refractivity contribution is -0.169. The van der Waals surface area contributed by atoms with Gasteiger partial charge in [0.05, 0.1) is 17.7 Å². The van der Waals surface area contributed by atoms with Gasteiger partial charge in [0.25, 0.3) is 0 Å². The van der Waals surface area contributed by atoms with Crippen LogP contribution in [-0.2, 0) is 0 Å². The van der Waals surface area contributed by atoms with E-state index in [-0.39, 0.29) is 6.04 Å². The van der Waals surface area contributed by atoms with E-state index in [1.54, 1.807) is 32.0 Å². The lowest BCUT2D eigenvalue weighted by Gasteiger charge is -2.51. The molecule has 3 rings (SSSR count). The third-order valence-electron chi connectivity index (χ3n) is 4.69. The fourth-order valence-electron chi connectivity index (χ4n) is 3.32. The van der Waals surface area contributed by atoms with Crippen LogP contribution in [0.4, 0.5) is 0 Å². The van der Waals surface area contributed by atoms with Gasteiger partial charge < -0.3 is 9.84 Å². The summed E-state index contributed by atoms with van der Waals surface area (Å²) in [6, 6.07) is 7.10. The minimum absolute atomic E-state index is 0.355. The van der Waals surface area contributed by atoms with Crippen molar-refractivity contribution in [2.75, 3.05) is 13.1 Å². The zero-order valence-corrected chi connectivity index (χ0v) is 12.5. The van der Waals surface area contributed by atoms with Crippen molar-refractivity contribution in [3.8, 4) is 11.8 Å². The molecule has 0 spiro atoms. The van der Waals surface area contributed by atoms with E-state index in [0.29, 0.717) is 11.3 Å². The van der Waals surface area contributed by atoms with E-state index in [4.69, 9.17) is 15.7 Å². The number of nitrogens with two attached hydrogens (primary N) is 1. The fourth-order valence-corrected chi connectivity index (χ4v) is 3.32. The number of benzene rings is 1. The van der Waals surface area contributed by atoms with Gasteiger partial charge in [0.2, 0.25) is 0 Å². The van der Waals surface area contributed by atoms with E-state index >= 15 is 0 Å². The summed E-state index contributed by atoms with van der Waals surface area (Å²) < 4.78 is 5.91. The van der Waals surface area contributed by atoms with Gasteiger partial charge in [-0.1, -0.05) is 0 Å². The molecule has 2 heterocycles. The predicted molar refractivity (Wildman–Crippen MR) is 78.5 cm³/mol. The third kappa shape index (κ3) is 2.11. The standard InChI is InChI=1S/C16H21N3O2/c1-15(2)16(18,20)14(19-7-3-4-8-19)12-9-11(10-17)5-6-13(12)21-15/h5-6,9,14,20H,3-4,7-8,18H2,1-2H3/t14-,16+/m0/s1. The second-order valence-electron chi connectivity index (χ2n) is 6.45. The van der Waals surface area contributed by atoms with Crippen molar-refractivity contribution >= 4 is 0 Å². The molecule has 3 N–H and O–H groups in total. The number of fused-ring (bicyclic) bond motifs is 1. The number of hydrogen-bond acceptors (Lipinski definition) is 5. The first-order chi connectivity index (χ1) is 9.87. The largest absolute Gasteiger partial charge is 0.483 e. The molecule has 1 saturated heterocycles. The quantitative estimate of drug-likeness (QED) is 0.765. The molecule has 1 fully saturated rings. The maximum absolute atomic E-state index is 11.0. The number of aliphatic hydroxyl groups is 1. The minimum Gasteiger partial charge on any atom is -0.483 e. The summed E-state index contributed by atoms with van der Waals surface area (Å²) in [6.07, 6.45) is 2.20. The summed E-state index contributed by atoms with van der Waals surface area (Å²) in [5, 5.41) is 20.1. The monoisotopic (exact) mass is 287 g/mol. The van der Waals surface area contributed by atoms with Crippen LogP contribution in [0.5, 0.6) is 5.75 Å². The molecule has 5 nitrogen and oxygen atoms in total. The fraction of sp³-hybridized carbons (Fsp3) is 0.562. The summed E-state index contributed by atoms with van der Waals surface area (Å²) >= 11 is 0. The van der Waals surface area contributed by atoms with E-state index in [9.17, 15) is 5.11 Å². The summed E-state index contributed by atoms with van der Waals surface area (Å²) in [7, 11) is 0. The maximum atomic E-state index is 11.0. The average molecular weight is 287 g/mol. The molecule has 112 valence electrons. The number of likely N-dealkylation sites (tertiary alicyclic amines) is 1. The SMILES string of the molecule is CC1(C)Oc2ccc(C#N)cc2[C@H](N2CCCC2)[C@@]1(N)O. The van der Waals surface area contributed by atoms with Crippen LogP contribution in [0.15, 0.2) is 18.2 Å². The third-order valence-corrected chi connectivity index (χ3v) is 4.69. The minimum atomic E-state index is -1.52. The Morgan fingerprint density at radius 2 is 2.05 bits per heavy atom. The van der Waals surface area contributed by atoms with Gasteiger partial charge in [-0.15, -0.1) is 0 Å². The smallest absolute Gasteiger partial charge is 0.173 e. The Bertz CT molecular complexity index is 598. The highest BCUT2D eigenvalue weighted by atomic mass is 16.5. The Hall–Kier alpha value is -1.61. The van der Waals surface area contributed by atoms with Gasteiger partial charge >= 0.3 is 0 Å². The van der Waals surface area contributed by atoms with Crippen LogP contribution in [0.1, 0.15) is 43.9 Å². The highest BCUT2D eigenvalue weighted by molar-refractivity contribution is 5.47. The Kier molecular flexibility index (Phi) is 3.21. The normalized spacial score (nSPS) is 31.3. The molecule has 2 aliphatic heterocycles. The van der Waals surface area contributed by atoms with Crippen molar-refractivity contribution < 1.29 is 9.84 Å². The van der Waals surface area contributed by atoms with E-state index in [2.05, 4.69) is 11.0 Å². The maximum Gasteiger partial charge on any atom is 0.173 e. The van der Waals surface area contributed by atoms with Crippen molar-refractivity contribution in [1.29, 1.82) is 5.26 Å². The highest BCUT2D eigenvalue weighted by Gasteiger charge is 2.55. The second kappa shape index (κ2) is 4.70. The molecular formula is C16H21N3O2. The first kappa shape index (κ1) is 14.3. The van der Waals surface area contributed by atoms with Crippen LogP contribution in [-0.4, -0.2) is 34.4 Å². The second-order valence-corrected chi connectivity index (χ2v) is 6.45. The van der Waals surface area contributed by atoms with Gasteiger partial charge in [-0.3, -0.25) is 10.6 Å². The van der Waals surface area contributed by atoms with Crippen LogP contribution in [0.2, 0.25) is 0 Å². The molecule has 5 heteroatoms. The predicted octanol–water partition coefficient (Wildman–Crippen LogP) is 1.51. The van der Waals surface area contributed by atoms with Crippen molar-refractivity contribution in [2.24, 2.45) is 5.73 Å². The zero-order chi connectivity index (χ0) is 15.3. The summed E-state index contributed by atoms with van der Waals surface area (Å²) in [5.41, 5.74) is 5.23. The Morgan fingerprint density at radius 1 is 1.38 bits per heavy atom. The number of nitriles is 1. The Labute approximate surface area is 124 Å². The summed E-state index contributed by atoms with van der Waals surface area (Å²) in [4.78, 5) is 2.20. The van der Waals surface area contributed by atoms with E-state index in [0.717, 1.165) is 31.5 Å². The van der Waals surface area contributed by atoms with Gasteiger partial charge in [0.15, 0.2) is 5.72 Å². The molecule has 0 saturated carbocycles. The Balaban J connectivity index is 2.16. The molecular weight excluding hydrogens is 266 g/mol. The first-order valence-electron chi connectivity index (χ1n) is 7.35. The molecule has 2 atom stereocenters. The average Bonchev–Trinajstić information content (AvgIpc) is 2.92. The van der Waals surface area contributed by atoms with Gasteiger partial charge in [-0.25, -0.2) is 0 Å². The van der Waals surface area contributed by atoms with Crippen LogP contribution in [0.25, 0.3) is 0 Å². The first-order valence-corrected chi connectivity index (χ1v) is 7.35. The Morgan fingerprint density at radius 3 is 2.67 bits per heavy atom. The summed E-state index contributed by atoms with van der Waals surface area (Å²) in [5.74, 6) is 0.700. The molecule has 1 aromatic rings. The zero-order valence-electron chi connectivity index (χ0n) is 12.5. The lowest BCUT2D eigenvalue weighted by Crippen LogP contribution is -2.68. The van der Waals surface area contributed by atoms with E-state index < -0.39 is 11.3 Å². The van der Waals surface area contributed by atoms with Crippen LogP contribution >= 0.6 is 0 Å². The van der Waals surface area contributed by atoms with Crippen LogP contribution in [0, 0.1) is 11.3 Å². The molecule has 21 heavy (non-hydrogen) atoms. The molecule has 0 radical (unpaired) electrons.